The molecule has 0 fully saturated rings. The summed E-state index contributed by atoms with van der Waals surface area (Å²) in [4.78, 5) is 41.4. The van der Waals surface area contributed by atoms with Crippen LogP contribution < -0.4 is 0 Å². The third kappa shape index (κ3) is 3.82. The van der Waals surface area contributed by atoms with Crippen molar-refractivity contribution in [3.63, 3.8) is 0 Å². The minimum Gasteiger partial charge on any atom is -0.344 e. The lowest BCUT2D eigenvalue weighted by Crippen LogP contribution is -2.40. The van der Waals surface area contributed by atoms with Crippen molar-refractivity contribution in [3.8, 4) is 0 Å². The molecule has 0 atom stereocenters. The van der Waals surface area contributed by atoms with Gasteiger partial charge in [0.15, 0.2) is 0 Å². The molecule has 1 aliphatic heterocycles. The first-order valence-electron chi connectivity index (χ1n) is 8.21. The van der Waals surface area contributed by atoms with E-state index in [2.05, 4.69) is 0 Å². The maximum atomic E-state index is 12.3. The van der Waals surface area contributed by atoms with Crippen molar-refractivity contribution in [2.24, 2.45) is 5.92 Å². The number of rotatable bonds is 7. The van der Waals surface area contributed by atoms with Gasteiger partial charge < -0.3 is 9.80 Å². The Hall–Kier alpha value is -2.21. The predicted molar refractivity (Wildman–Crippen MR) is 91.8 cm³/mol. The number of nitrogens with zero attached hydrogens (tertiary/aromatic N) is 3. The smallest absolute Gasteiger partial charge is 0.261 e. The van der Waals surface area contributed by atoms with Crippen molar-refractivity contribution in [2.45, 2.75) is 13.8 Å². The standard InChI is InChI=1S/C18H25N3O3/c1-13(2)16(22)20(4)11-9-19(3)10-12-21-17(23)14-7-5-6-8-15(14)18(21)24/h5-8,13H,9-12H2,1-4H3. The molecule has 0 bridgehead atoms. The summed E-state index contributed by atoms with van der Waals surface area (Å²) in [6, 6.07) is 6.90. The lowest BCUT2D eigenvalue weighted by atomic mass is 10.1. The highest BCUT2D eigenvalue weighted by Gasteiger charge is 2.34. The monoisotopic (exact) mass is 331 g/mol. The van der Waals surface area contributed by atoms with E-state index < -0.39 is 0 Å². The average Bonchev–Trinajstić information content (AvgIpc) is 2.81. The van der Waals surface area contributed by atoms with Gasteiger partial charge in [-0.15, -0.1) is 0 Å². The van der Waals surface area contributed by atoms with Crippen molar-refractivity contribution in [2.75, 3.05) is 40.3 Å². The van der Waals surface area contributed by atoms with E-state index in [1.165, 1.54) is 4.90 Å². The number of hydrogen-bond acceptors (Lipinski definition) is 4. The highest BCUT2D eigenvalue weighted by Crippen LogP contribution is 2.21. The van der Waals surface area contributed by atoms with Crippen molar-refractivity contribution < 1.29 is 14.4 Å². The largest absolute Gasteiger partial charge is 0.344 e. The molecule has 0 N–H and O–H groups in total. The van der Waals surface area contributed by atoms with Gasteiger partial charge in [0.05, 0.1) is 11.1 Å². The molecule has 0 saturated heterocycles. The fraction of sp³-hybridized carbons (Fsp3) is 0.500. The fourth-order valence-electron chi connectivity index (χ4n) is 2.70. The molecule has 6 nitrogen and oxygen atoms in total. The number of fused-ring (bicyclic) bond motifs is 1. The van der Waals surface area contributed by atoms with E-state index in [0.717, 1.165) is 0 Å². The molecule has 1 heterocycles. The van der Waals surface area contributed by atoms with Gasteiger partial charge in [-0.3, -0.25) is 19.3 Å². The molecular formula is C18H25N3O3. The van der Waals surface area contributed by atoms with Crippen LogP contribution >= 0.6 is 0 Å². The first-order valence-corrected chi connectivity index (χ1v) is 8.21. The first kappa shape index (κ1) is 18.1. The Balaban J connectivity index is 1.83. The van der Waals surface area contributed by atoms with Gasteiger partial charge in [0.25, 0.3) is 11.8 Å². The SMILES string of the molecule is CC(C)C(=O)N(C)CCN(C)CCN1C(=O)c2ccccc2C1=O. The minimum atomic E-state index is -0.226. The second-order valence-electron chi connectivity index (χ2n) is 6.53. The fourth-order valence-corrected chi connectivity index (χ4v) is 2.70. The number of likely N-dealkylation sites (N-methyl/N-ethyl adjacent to an activating group) is 2. The molecule has 0 aliphatic carbocycles. The molecule has 0 unspecified atom stereocenters. The van der Waals surface area contributed by atoms with Crippen molar-refractivity contribution in [1.29, 1.82) is 0 Å². The topological polar surface area (TPSA) is 60.9 Å². The van der Waals surface area contributed by atoms with Crippen LogP contribution in [0, 0.1) is 5.92 Å². The summed E-state index contributed by atoms with van der Waals surface area (Å²) >= 11 is 0. The lowest BCUT2D eigenvalue weighted by molar-refractivity contribution is -0.133. The lowest BCUT2D eigenvalue weighted by Gasteiger charge is -2.24. The van der Waals surface area contributed by atoms with Gasteiger partial charge in [-0.2, -0.15) is 0 Å². The number of benzene rings is 1. The summed E-state index contributed by atoms with van der Waals surface area (Å²) < 4.78 is 0. The zero-order chi connectivity index (χ0) is 17.9. The summed E-state index contributed by atoms with van der Waals surface area (Å²) in [7, 11) is 3.71. The van der Waals surface area contributed by atoms with Crippen LogP contribution in [0.25, 0.3) is 0 Å². The van der Waals surface area contributed by atoms with Crippen molar-refractivity contribution in [3.05, 3.63) is 35.4 Å². The van der Waals surface area contributed by atoms with Gasteiger partial charge in [-0.25, -0.2) is 0 Å². The summed E-state index contributed by atoms with van der Waals surface area (Å²) in [6.45, 7) is 6.00. The number of amides is 3. The Bertz CT molecular complexity index is 607. The minimum absolute atomic E-state index is 0.0151. The molecule has 3 amide bonds. The third-order valence-corrected chi connectivity index (χ3v) is 4.27. The molecule has 24 heavy (non-hydrogen) atoms. The second kappa shape index (κ2) is 7.57. The first-order chi connectivity index (χ1) is 11.3. The molecule has 0 aromatic heterocycles. The quantitative estimate of drug-likeness (QED) is 0.707. The Morgan fingerprint density at radius 3 is 2.04 bits per heavy atom. The molecule has 0 radical (unpaired) electrons. The van der Waals surface area contributed by atoms with Crippen LogP contribution in [0.15, 0.2) is 24.3 Å². The van der Waals surface area contributed by atoms with E-state index in [1.54, 1.807) is 36.2 Å². The van der Waals surface area contributed by atoms with Gasteiger partial charge in [0.2, 0.25) is 5.91 Å². The molecule has 1 aromatic carbocycles. The van der Waals surface area contributed by atoms with Crippen LogP contribution in [-0.2, 0) is 4.79 Å². The van der Waals surface area contributed by atoms with E-state index in [4.69, 9.17) is 0 Å². The number of hydrogen-bond donors (Lipinski definition) is 0. The number of carbonyl (C=O) groups is 3. The second-order valence-corrected chi connectivity index (χ2v) is 6.53. The average molecular weight is 331 g/mol. The third-order valence-electron chi connectivity index (χ3n) is 4.27. The number of carbonyl (C=O) groups excluding carboxylic acids is 3. The highest BCUT2D eigenvalue weighted by molar-refractivity contribution is 6.21. The summed E-state index contributed by atoms with van der Waals surface area (Å²) in [5.74, 6) is -0.352. The molecule has 1 aromatic rings. The molecule has 130 valence electrons. The maximum Gasteiger partial charge on any atom is 0.261 e. The molecule has 2 rings (SSSR count). The number of imide groups is 1. The van der Waals surface area contributed by atoms with Crippen LogP contribution in [0.2, 0.25) is 0 Å². The molecular weight excluding hydrogens is 306 g/mol. The van der Waals surface area contributed by atoms with Crippen LogP contribution in [0.1, 0.15) is 34.6 Å². The van der Waals surface area contributed by atoms with Gasteiger partial charge in [0.1, 0.15) is 0 Å². The normalized spacial score (nSPS) is 13.8. The summed E-state index contributed by atoms with van der Waals surface area (Å²) in [5, 5.41) is 0. The van der Waals surface area contributed by atoms with Crippen molar-refractivity contribution >= 4 is 17.7 Å². The van der Waals surface area contributed by atoms with Crippen LogP contribution in [-0.4, -0.2) is 72.7 Å². The van der Waals surface area contributed by atoms with Crippen molar-refractivity contribution in [1.82, 2.24) is 14.7 Å². The zero-order valence-corrected chi connectivity index (χ0v) is 14.8. The van der Waals surface area contributed by atoms with E-state index >= 15 is 0 Å². The molecule has 6 heteroatoms. The summed E-state index contributed by atoms with van der Waals surface area (Å²) in [5.41, 5.74) is 0.958. The molecule has 1 aliphatic rings. The maximum absolute atomic E-state index is 12.3. The Morgan fingerprint density at radius 2 is 1.54 bits per heavy atom. The predicted octanol–water partition coefficient (Wildman–Crippen LogP) is 1.33. The van der Waals surface area contributed by atoms with Gasteiger partial charge in [-0.05, 0) is 19.2 Å². The van der Waals surface area contributed by atoms with E-state index in [1.807, 2.05) is 25.8 Å². The Labute approximate surface area is 143 Å². The molecule has 0 spiro atoms. The zero-order valence-electron chi connectivity index (χ0n) is 14.8. The molecule has 0 saturated carbocycles. The van der Waals surface area contributed by atoms with Crippen LogP contribution in [0.5, 0.6) is 0 Å². The summed E-state index contributed by atoms with van der Waals surface area (Å²) in [6.07, 6.45) is 0. The van der Waals surface area contributed by atoms with Crippen LogP contribution in [0.4, 0.5) is 0 Å². The van der Waals surface area contributed by atoms with Crippen LogP contribution in [0.3, 0.4) is 0 Å². The van der Waals surface area contributed by atoms with E-state index in [0.29, 0.717) is 37.3 Å². The van der Waals surface area contributed by atoms with Gasteiger partial charge >= 0.3 is 0 Å². The Morgan fingerprint density at radius 1 is 1.00 bits per heavy atom. The van der Waals surface area contributed by atoms with E-state index in [9.17, 15) is 14.4 Å². The Kier molecular flexibility index (Phi) is 5.72. The highest BCUT2D eigenvalue weighted by atomic mass is 16.2. The van der Waals surface area contributed by atoms with Gasteiger partial charge in [0, 0.05) is 39.1 Å². The van der Waals surface area contributed by atoms with E-state index in [-0.39, 0.29) is 23.6 Å². The van der Waals surface area contributed by atoms with Gasteiger partial charge in [-0.1, -0.05) is 26.0 Å².